The number of benzene rings is 1. The molecule has 0 fully saturated rings. The van der Waals surface area contributed by atoms with E-state index in [4.69, 9.17) is 9.84 Å². The molecule has 0 amide bonds. The molecule has 0 aliphatic heterocycles. The van der Waals surface area contributed by atoms with Gasteiger partial charge >= 0.3 is 5.97 Å². The van der Waals surface area contributed by atoms with Crippen LogP contribution in [0.15, 0.2) is 24.3 Å². The lowest BCUT2D eigenvalue weighted by Crippen LogP contribution is -2.16. The summed E-state index contributed by atoms with van der Waals surface area (Å²) in [6.07, 6.45) is 0. The molecule has 1 aromatic carbocycles. The second-order valence-electron chi connectivity index (χ2n) is 3.62. The molecule has 1 aromatic rings. The van der Waals surface area contributed by atoms with Crippen molar-refractivity contribution in [1.82, 2.24) is 0 Å². The summed E-state index contributed by atoms with van der Waals surface area (Å²) >= 11 is 0. The summed E-state index contributed by atoms with van der Waals surface area (Å²) in [6, 6.07) is 6.30. The average molecular weight is 222 g/mol. The Labute approximate surface area is 93.9 Å². The van der Waals surface area contributed by atoms with Gasteiger partial charge in [0.1, 0.15) is 12.4 Å². The molecular formula is C12H14O4. The molecule has 86 valence electrons. The van der Waals surface area contributed by atoms with E-state index >= 15 is 0 Å². The molecular weight excluding hydrogens is 208 g/mol. The number of ketones is 1. The van der Waals surface area contributed by atoms with Gasteiger partial charge in [0, 0.05) is 0 Å². The predicted octanol–water partition coefficient (Wildman–Crippen LogP) is 1.63. The maximum Gasteiger partial charge on any atom is 0.313 e. The van der Waals surface area contributed by atoms with Crippen molar-refractivity contribution < 1.29 is 19.4 Å². The number of phenolic OH excluding ortho intramolecular Hbond substituents is 1. The van der Waals surface area contributed by atoms with Crippen LogP contribution in [0.25, 0.3) is 0 Å². The van der Waals surface area contributed by atoms with Crippen LogP contribution < -0.4 is 0 Å². The summed E-state index contributed by atoms with van der Waals surface area (Å²) in [5, 5.41) is 9.09. The van der Waals surface area contributed by atoms with Crippen molar-refractivity contribution in [2.45, 2.75) is 19.8 Å². The fourth-order valence-corrected chi connectivity index (χ4v) is 1.20. The highest BCUT2D eigenvalue weighted by atomic mass is 16.5. The maximum absolute atomic E-state index is 11.5. The van der Waals surface area contributed by atoms with E-state index in [2.05, 4.69) is 0 Å². The van der Waals surface area contributed by atoms with Crippen LogP contribution in [0.2, 0.25) is 0 Å². The maximum atomic E-state index is 11.5. The molecule has 0 aliphatic carbocycles. The minimum atomic E-state index is -0.444. The van der Waals surface area contributed by atoms with Crippen molar-refractivity contribution in [2.24, 2.45) is 0 Å². The first kappa shape index (κ1) is 12.2. The molecule has 1 unspecified atom stereocenters. The largest absolute Gasteiger partial charge is 0.508 e. The van der Waals surface area contributed by atoms with Gasteiger partial charge in [-0.25, -0.2) is 0 Å². The van der Waals surface area contributed by atoms with Crippen molar-refractivity contribution in [2.75, 3.05) is 6.61 Å². The second kappa shape index (κ2) is 5.30. The van der Waals surface area contributed by atoms with Crippen LogP contribution >= 0.6 is 0 Å². The van der Waals surface area contributed by atoms with Gasteiger partial charge in [0.15, 0.2) is 5.78 Å². The smallest absolute Gasteiger partial charge is 0.313 e. The first-order valence-electron chi connectivity index (χ1n) is 4.95. The zero-order valence-electron chi connectivity index (χ0n) is 9.27. The molecule has 0 saturated carbocycles. The zero-order chi connectivity index (χ0) is 12.1. The van der Waals surface area contributed by atoms with E-state index in [9.17, 15) is 9.59 Å². The lowest BCUT2D eigenvalue weighted by Gasteiger charge is -2.10. The van der Waals surface area contributed by atoms with Gasteiger partial charge in [0.2, 0.25) is 0 Å². The number of aromatic hydroxyl groups is 1. The minimum absolute atomic E-state index is 0.146. The molecule has 1 rings (SSSR count). The lowest BCUT2D eigenvalue weighted by atomic mass is 10.0. The van der Waals surface area contributed by atoms with E-state index in [0.717, 1.165) is 5.56 Å². The van der Waals surface area contributed by atoms with Crippen LogP contribution in [-0.2, 0) is 14.3 Å². The predicted molar refractivity (Wildman–Crippen MR) is 58.2 cm³/mol. The van der Waals surface area contributed by atoms with Gasteiger partial charge in [-0.05, 0) is 31.5 Å². The van der Waals surface area contributed by atoms with E-state index in [0.29, 0.717) is 0 Å². The summed E-state index contributed by atoms with van der Waals surface area (Å²) in [5.41, 5.74) is 0.742. The van der Waals surface area contributed by atoms with Crippen molar-refractivity contribution in [3.63, 3.8) is 0 Å². The summed E-state index contributed by atoms with van der Waals surface area (Å²) in [7, 11) is 0. The Morgan fingerprint density at radius 2 is 1.88 bits per heavy atom. The standard InChI is InChI=1S/C12H14O4/c1-8(13)7-16-12(15)9(2)10-3-5-11(14)6-4-10/h3-6,9,14H,7H2,1-2H3. The van der Waals surface area contributed by atoms with Crippen LogP contribution in [0.5, 0.6) is 5.75 Å². The van der Waals surface area contributed by atoms with E-state index in [1.165, 1.54) is 19.1 Å². The first-order chi connectivity index (χ1) is 7.50. The highest BCUT2D eigenvalue weighted by Crippen LogP contribution is 2.19. The van der Waals surface area contributed by atoms with E-state index in [-0.39, 0.29) is 18.1 Å². The first-order valence-corrected chi connectivity index (χ1v) is 4.95. The van der Waals surface area contributed by atoms with E-state index < -0.39 is 11.9 Å². The van der Waals surface area contributed by atoms with Gasteiger partial charge in [0.05, 0.1) is 5.92 Å². The number of hydrogen-bond acceptors (Lipinski definition) is 4. The summed E-state index contributed by atoms with van der Waals surface area (Å²) in [5.74, 6) is -0.930. The Kier molecular flexibility index (Phi) is 4.05. The molecule has 4 heteroatoms. The molecule has 0 saturated heterocycles. The second-order valence-corrected chi connectivity index (χ2v) is 3.62. The molecule has 0 aromatic heterocycles. The van der Waals surface area contributed by atoms with Crippen molar-refractivity contribution in [3.05, 3.63) is 29.8 Å². The van der Waals surface area contributed by atoms with Gasteiger partial charge in [-0.1, -0.05) is 12.1 Å². The zero-order valence-corrected chi connectivity index (χ0v) is 9.27. The van der Waals surface area contributed by atoms with Gasteiger partial charge in [-0.3, -0.25) is 9.59 Å². The Morgan fingerprint density at radius 3 is 2.38 bits per heavy atom. The van der Waals surface area contributed by atoms with E-state index in [1.807, 2.05) is 0 Å². The third kappa shape index (κ3) is 3.38. The van der Waals surface area contributed by atoms with Crippen molar-refractivity contribution >= 4 is 11.8 Å². The Bertz CT molecular complexity index is 381. The molecule has 0 spiro atoms. The van der Waals surface area contributed by atoms with Crippen LogP contribution in [0.4, 0.5) is 0 Å². The number of Topliss-reactive ketones (excluding diaryl/α,β-unsaturated/α-hetero) is 1. The molecule has 0 aliphatic rings. The number of rotatable bonds is 4. The molecule has 0 bridgehead atoms. The summed E-state index contributed by atoms with van der Waals surface area (Å²) < 4.78 is 4.80. The number of carbonyl (C=O) groups is 2. The van der Waals surface area contributed by atoms with Gasteiger partial charge < -0.3 is 9.84 Å². The molecule has 4 nitrogen and oxygen atoms in total. The molecule has 1 N–H and O–H groups in total. The highest BCUT2D eigenvalue weighted by Gasteiger charge is 2.16. The molecule has 1 atom stereocenters. The summed E-state index contributed by atoms with van der Waals surface area (Å²) in [6.45, 7) is 2.86. The van der Waals surface area contributed by atoms with Crippen molar-refractivity contribution in [3.8, 4) is 5.75 Å². The van der Waals surface area contributed by atoms with Crippen LogP contribution in [0, 0.1) is 0 Å². The number of phenols is 1. The van der Waals surface area contributed by atoms with Crippen LogP contribution in [-0.4, -0.2) is 23.5 Å². The van der Waals surface area contributed by atoms with Gasteiger partial charge in [-0.15, -0.1) is 0 Å². The van der Waals surface area contributed by atoms with E-state index in [1.54, 1.807) is 19.1 Å². The van der Waals surface area contributed by atoms with Crippen LogP contribution in [0.1, 0.15) is 25.3 Å². The number of carbonyl (C=O) groups excluding carboxylic acids is 2. The van der Waals surface area contributed by atoms with Gasteiger partial charge in [-0.2, -0.15) is 0 Å². The molecule has 0 heterocycles. The number of hydrogen-bond donors (Lipinski definition) is 1. The third-order valence-corrected chi connectivity index (χ3v) is 2.16. The fraction of sp³-hybridized carbons (Fsp3) is 0.333. The number of esters is 1. The molecule has 16 heavy (non-hydrogen) atoms. The van der Waals surface area contributed by atoms with Crippen LogP contribution in [0.3, 0.4) is 0 Å². The highest BCUT2D eigenvalue weighted by molar-refractivity contribution is 5.82. The SMILES string of the molecule is CC(=O)COC(=O)C(C)c1ccc(O)cc1. The normalized spacial score (nSPS) is 11.9. The lowest BCUT2D eigenvalue weighted by molar-refractivity contribution is -0.148. The summed E-state index contributed by atoms with van der Waals surface area (Å²) in [4.78, 5) is 22.1. The third-order valence-electron chi connectivity index (χ3n) is 2.16. The number of ether oxygens (including phenoxy) is 1. The Hall–Kier alpha value is -1.84. The quantitative estimate of drug-likeness (QED) is 0.786. The Balaban J connectivity index is 2.63. The molecule has 0 radical (unpaired) electrons. The van der Waals surface area contributed by atoms with Gasteiger partial charge in [0.25, 0.3) is 0 Å². The topological polar surface area (TPSA) is 63.6 Å². The minimum Gasteiger partial charge on any atom is -0.508 e. The fourth-order valence-electron chi connectivity index (χ4n) is 1.20. The Morgan fingerprint density at radius 1 is 1.31 bits per heavy atom. The average Bonchev–Trinajstić information content (AvgIpc) is 2.26. The monoisotopic (exact) mass is 222 g/mol. The van der Waals surface area contributed by atoms with Crippen molar-refractivity contribution in [1.29, 1.82) is 0 Å².